The van der Waals surface area contributed by atoms with Gasteiger partial charge in [-0.3, -0.25) is 9.69 Å². The molecule has 1 saturated heterocycles. The van der Waals surface area contributed by atoms with E-state index in [-0.39, 0.29) is 18.0 Å². The molecule has 0 aliphatic carbocycles. The smallest absolute Gasteiger partial charge is 0.242 e. The third-order valence-electron chi connectivity index (χ3n) is 4.03. The Morgan fingerprint density at radius 1 is 1.45 bits per heavy atom. The van der Waals surface area contributed by atoms with Crippen LogP contribution in [0.2, 0.25) is 0 Å². The molecule has 1 fully saturated rings. The number of rotatable bonds is 4. The van der Waals surface area contributed by atoms with Crippen LogP contribution < -0.4 is 5.32 Å². The first kappa shape index (κ1) is 15.0. The highest BCUT2D eigenvalue weighted by Crippen LogP contribution is 2.19. The van der Waals surface area contributed by atoms with Gasteiger partial charge in [0.1, 0.15) is 5.82 Å². The van der Waals surface area contributed by atoms with Gasteiger partial charge >= 0.3 is 0 Å². The number of aromatic nitrogens is 2. The Morgan fingerprint density at radius 2 is 2.20 bits per heavy atom. The van der Waals surface area contributed by atoms with Crippen molar-refractivity contribution in [3.8, 4) is 0 Å². The number of likely N-dealkylation sites (tertiary alicyclic amines) is 1. The number of nitrogens with one attached hydrogen (secondary N) is 1. The van der Waals surface area contributed by atoms with E-state index in [9.17, 15) is 4.79 Å². The summed E-state index contributed by atoms with van der Waals surface area (Å²) in [6.07, 6.45) is 4.18. The summed E-state index contributed by atoms with van der Waals surface area (Å²) in [6.45, 7) is 10.4. The lowest BCUT2D eigenvalue weighted by Crippen LogP contribution is -2.46. The van der Waals surface area contributed by atoms with Gasteiger partial charge in [-0.05, 0) is 46.1 Å². The normalized spacial score (nSPS) is 21.9. The van der Waals surface area contributed by atoms with Crippen molar-refractivity contribution in [1.29, 1.82) is 0 Å². The van der Waals surface area contributed by atoms with E-state index in [4.69, 9.17) is 0 Å². The van der Waals surface area contributed by atoms with E-state index < -0.39 is 0 Å². The van der Waals surface area contributed by atoms with E-state index in [1.54, 1.807) is 6.20 Å². The molecule has 1 aromatic rings. The third kappa shape index (κ3) is 3.39. The van der Waals surface area contributed by atoms with Crippen LogP contribution in [0.25, 0.3) is 0 Å². The van der Waals surface area contributed by atoms with Crippen molar-refractivity contribution < 1.29 is 4.79 Å². The molecule has 1 N–H and O–H groups in total. The second kappa shape index (κ2) is 6.39. The fourth-order valence-corrected chi connectivity index (χ4v) is 2.80. The van der Waals surface area contributed by atoms with Gasteiger partial charge < -0.3 is 5.32 Å². The number of hydrogen-bond donors (Lipinski definition) is 1. The lowest BCUT2D eigenvalue weighted by molar-refractivity contribution is -0.121. The van der Waals surface area contributed by atoms with Crippen molar-refractivity contribution >= 4 is 11.7 Å². The van der Waals surface area contributed by atoms with Gasteiger partial charge in [0.25, 0.3) is 0 Å². The molecule has 2 rings (SSSR count). The molecule has 5 heteroatoms. The maximum atomic E-state index is 12.4. The molecule has 1 aromatic heterocycles. The van der Waals surface area contributed by atoms with Crippen LogP contribution in [0.3, 0.4) is 0 Å². The molecular weight excluding hydrogens is 252 g/mol. The van der Waals surface area contributed by atoms with Crippen LogP contribution in [-0.4, -0.2) is 39.7 Å². The zero-order valence-corrected chi connectivity index (χ0v) is 13.0. The average Bonchev–Trinajstić information content (AvgIpc) is 2.86. The fourth-order valence-electron chi connectivity index (χ4n) is 2.80. The molecule has 1 aliphatic heterocycles. The molecule has 1 aliphatic rings. The number of piperidine rings is 1. The van der Waals surface area contributed by atoms with Gasteiger partial charge in [0.15, 0.2) is 0 Å². The van der Waals surface area contributed by atoms with Crippen LogP contribution in [-0.2, 0) is 4.79 Å². The first-order valence-electron chi connectivity index (χ1n) is 7.57. The van der Waals surface area contributed by atoms with Crippen LogP contribution >= 0.6 is 0 Å². The molecule has 0 aromatic carbocycles. The average molecular weight is 278 g/mol. The molecule has 0 saturated carbocycles. The van der Waals surface area contributed by atoms with Gasteiger partial charge in [-0.15, -0.1) is 0 Å². The third-order valence-corrected chi connectivity index (χ3v) is 4.03. The molecule has 20 heavy (non-hydrogen) atoms. The number of carbonyl (C=O) groups excluding carboxylic acids is 1. The molecular formula is C15H26N4O. The maximum absolute atomic E-state index is 12.4. The first-order chi connectivity index (χ1) is 9.49. The van der Waals surface area contributed by atoms with Crippen LogP contribution in [0, 0.1) is 5.92 Å². The van der Waals surface area contributed by atoms with Crippen molar-refractivity contribution in [1.82, 2.24) is 14.7 Å². The van der Waals surface area contributed by atoms with Crippen LogP contribution in [0.4, 0.5) is 5.82 Å². The summed E-state index contributed by atoms with van der Waals surface area (Å²) in [7, 11) is 0. The van der Waals surface area contributed by atoms with E-state index in [1.807, 2.05) is 17.7 Å². The van der Waals surface area contributed by atoms with Gasteiger partial charge in [-0.2, -0.15) is 5.10 Å². The topological polar surface area (TPSA) is 50.2 Å². The largest absolute Gasteiger partial charge is 0.310 e. The molecule has 2 heterocycles. The van der Waals surface area contributed by atoms with Crippen LogP contribution in [0.5, 0.6) is 0 Å². The van der Waals surface area contributed by atoms with Crippen LogP contribution in [0.15, 0.2) is 12.3 Å². The van der Waals surface area contributed by atoms with E-state index in [2.05, 4.69) is 36.1 Å². The number of anilines is 1. The van der Waals surface area contributed by atoms with Crippen LogP contribution in [0.1, 0.15) is 46.6 Å². The highest BCUT2D eigenvalue weighted by molar-refractivity contribution is 5.93. The number of carbonyl (C=O) groups is 1. The Balaban J connectivity index is 1.98. The van der Waals surface area contributed by atoms with E-state index in [0.717, 1.165) is 18.9 Å². The molecule has 112 valence electrons. The minimum atomic E-state index is -0.0896. The van der Waals surface area contributed by atoms with Gasteiger partial charge in [0, 0.05) is 18.7 Å². The Morgan fingerprint density at radius 3 is 2.85 bits per heavy atom. The monoisotopic (exact) mass is 278 g/mol. The van der Waals surface area contributed by atoms with E-state index in [0.29, 0.717) is 5.92 Å². The van der Waals surface area contributed by atoms with Gasteiger partial charge in [0.2, 0.25) is 5.91 Å². The van der Waals surface area contributed by atoms with Gasteiger partial charge in [-0.25, -0.2) is 4.68 Å². The predicted molar refractivity (Wildman–Crippen MR) is 80.7 cm³/mol. The summed E-state index contributed by atoms with van der Waals surface area (Å²) in [5, 5.41) is 7.24. The Bertz CT molecular complexity index is 454. The molecule has 5 nitrogen and oxygen atoms in total. The highest BCUT2D eigenvalue weighted by atomic mass is 16.2. The minimum absolute atomic E-state index is 0.0569. The highest BCUT2D eigenvalue weighted by Gasteiger charge is 2.26. The van der Waals surface area contributed by atoms with Crippen molar-refractivity contribution in [3.63, 3.8) is 0 Å². The SMILES string of the molecule is CC(C)n1nccc1NC(=O)[C@H](C)N1CCC[C@@H](C)C1. The summed E-state index contributed by atoms with van der Waals surface area (Å²) in [6, 6.07) is 2.00. The quantitative estimate of drug-likeness (QED) is 0.920. The second-order valence-corrected chi connectivity index (χ2v) is 6.16. The number of hydrogen-bond acceptors (Lipinski definition) is 3. The molecule has 0 unspecified atom stereocenters. The second-order valence-electron chi connectivity index (χ2n) is 6.16. The summed E-state index contributed by atoms with van der Waals surface area (Å²) in [5.74, 6) is 1.52. The Kier molecular flexibility index (Phi) is 4.81. The standard InChI is InChI=1S/C15H26N4O/c1-11(2)19-14(7-8-16-19)17-15(20)13(4)18-9-5-6-12(3)10-18/h7-8,11-13H,5-6,9-10H2,1-4H3,(H,17,20)/t12-,13+/m1/s1. The van der Waals surface area contributed by atoms with E-state index >= 15 is 0 Å². The molecule has 2 atom stereocenters. The fraction of sp³-hybridized carbons (Fsp3) is 0.733. The summed E-state index contributed by atoms with van der Waals surface area (Å²) in [4.78, 5) is 14.7. The zero-order valence-electron chi connectivity index (χ0n) is 13.0. The molecule has 1 amide bonds. The Labute approximate surface area is 121 Å². The van der Waals surface area contributed by atoms with Crippen molar-refractivity contribution in [2.45, 2.75) is 52.6 Å². The van der Waals surface area contributed by atoms with Crippen molar-refractivity contribution in [2.75, 3.05) is 18.4 Å². The lowest BCUT2D eigenvalue weighted by Gasteiger charge is -2.34. The predicted octanol–water partition coefficient (Wildman–Crippen LogP) is 2.52. The minimum Gasteiger partial charge on any atom is -0.310 e. The first-order valence-corrected chi connectivity index (χ1v) is 7.57. The number of amides is 1. The van der Waals surface area contributed by atoms with Gasteiger partial charge in [0.05, 0.1) is 12.2 Å². The van der Waals surface area contributed by atoms with E-state index in [1.165, 1.54) is 12.8 Å². The van der Waals surface area contributed by atoms with Gasteiger partial charge in [-0.1, -0.05) is 6.92 Å². The summed E-state index contributed by atoms with van der Waals surface area (Å²) in [5.41, 5.74) is 0. The van der Waals surface area contributed by atoms with Crippen molar-refractivity contribution in [3.05, 3.63) is 12.3 Å². The zero-order chi connectivity index (χ0) is 14.7. The number of nitrogens with zero attached hydrogens (tertiary/aromatic N) is 3. The summed E-state index contributed by atoms with van der Waals surface area (Å²) >= 11 is 0. The molecule has 0 radical (unpaired) electrons. The Hall–Kier alpha value is -1.36. The maximum Gasteiger partial charge on any atom is 0.242 e. The molecule has 0 bridgehead atoms. The molecule has 0 spiro atoms. The lowest BCUT2D eigenvalue weighted by atomic mass is 9.99. The summed E-state index contributed by atoms with van der Waals surface area (Å²) < 4.78 is 1.84. The van der Waals surface area contributed by atoms with Crippen molar-refractivity contribution in [2.24, 2.45) is 5.92 Å².